The van der Waals surface area contributed by atoms with Crippen LogP contribution >= 0.6 is 23.5 Å². The zero-order valence-electron chi connectivity index (χ0n) is 17.9. The number of rotatable bonds is 17. The third-order valence-corrected chi connectivity index (χ3v) is 6.04. The van der Waals surface area contributed by atoms with Gasteiger partial charge in [0, 0.05) is 36.1 Å². The van der Waals surface area contributed by atoms with Crippen LogP contribution in [0.2, 0.25) is 0 Å². The molecule has 10 nitrogen and oxygen atoms in total. The summed E-state index contributed by atoms with van der Waals surface area (Å²) in [6, 6.07) is -1.42. The minimum absolute atomic E-state index is 0.0702. The Morgan fingerprint density at radius 2 is 1.00 bits per heavy atom. The molecule has 0 bridgehead atoms. The number of carbonyl (C=O) groups is 4. The van der Waals surface area contributed by atoms with E-state index in [-0.39, 0.29) is 12.8 Å². The number of nitrogens with one attached hydrogen (secondary N) is 2. The van der Waals surface area contributed by atoms with Crippen molar-refractivity contribution in [2.75, 3.05) is 64.5 Å². The van der Waals surface area contributed by atoms with Crippen molar-refractivity contribution in [1.29, 1.82) is 0 Å². The highest BCUT2D eigenvalue weighted by atomic mass is 32.2. The van der Waals surface area contributed by atoms with Gasteiger partial charge in [-0.25, -0.2) is 0 Å². The standard InChI is InChI=1S/C18H32N2O8S2/c1-25-15(21)11-13(17(23)27-3)19-5-7-29-9-10-30-8-6-20-14(18(24)28-4)12-16(22)26-2/h13-14,19-20H,5-12H2,1-4H3. The summed E-state index contributed by atoms with van der Waals surface area (Å²) >= 11 is 3.43. The van der Waals surface area contributed by atoms with Gasteiger partial charge in [0.05, 0.1) is 41.3 Å². The zero-order valence-corrected chi connectivity index (χ0v) is 19.5. The zero-order chi connectivity index (χ0) is 22.8. The predicted molar refractivity (Wildman–Crippen MR) is 116 cm³/mol. The smallest absolute Gasteiger partial charge is 0.323 e. The van der Waals surface area contributed by atoms with E-state index in [4.69, 9.17) is 0 Å². The second kappa shape index (κ2) is 18.3. The summed E-state index contributed by atoms with van der Waals surface area (Å²) < 4.78 is 18.5. The number of carbonyl (C=O) groups excluding carboxylic acids is 4. The molecule has 0 aliphatic rings. The first kappa shape index (κ1) is 28.5. The average Bonchev–Trinajstić information content (AvgIpc) is 2.76. The lowest BCUT2D eigenvalue weighted by Crippen LogP contribution is -2.40. The lowest BCUT2D eigenvalue weighted by molar-refractivity contribution is -0.149. The lowest BCUT2D eigenvalue weighted by Gasteiger charge is -2.15. The van der Waals surface area contributed by atoms with Gasteiger partial charge in [0.1, 0.15) is 12.1 Å². The van der Waals surface area contributed by atoms with E-state index in [0.29, 0.717) is 13.1 Å². The topological polar surface area (TPSA) is 129 Å². The molecule has 2 unspecified atom stereocenters. The highest BCUT2D eigenvalue weighted by Crippen LogP contribution is 2.07. The molecule has 0 aromatic carbocycles. The van der Waals surface area contributed by atoms with E-state index in [1.807, 2.05) is 0 Å². The predicted octanol–water partition coefficient (Wildman–Crippen LogP) is -0.159. The summed E-state index contributed by atoms with van der Waals surface area (Å²) in [4.78, 5) is 46.0. The maximum Gasteiger partial charge on any atom is 0.323 e. The lowest BCUT2D eigenvalue weighted by atomic mass is 10.2. The molecule has 0 spiro atoms. The van der Waals surface area contributed by atoms with E-state index in [1.165, 1.54) is 28.4 Å². The molecule has 0 aliphatic carbocycles. The molecule has 2 atom stereocenters. The Kier molecular flexibility index (Phi) is 17.4. The van der Waals surface area contributed by atoms with Crippen LogP contribution < -0.4 is 10.6 Å². The van der Waals surface area contributed by atoms with Gasteiger partial charge in [-0.3, -0.25) is 19.2 Å². The highest BCUT2D eigenvalue weighted by molar-refractivity contribution is 8.02. The first-order valence-electron chi connectivity index (χ1n) is 9.31. The number of methoxy groups -OCH3 is 4. The minimum Gasteiger partial charge on any atom is -0.469 e. The van der Waals surface area contributed by atoms with Gasteiger partial charge in [-0.15, -0.1) is 0 Å². The largest absolute Gasteiger partial charge is 0.469 e. The van der Waals surface area contributed by atoms with Crippen molar-refractivity contribution in [3.63, 3.8) is 0 Å². The molecule has 0 heterocycles. The van der Waals surface area contributed by atoms with Crippen LogP contribution in [0.4, 0.5) is 0 Å². The summed E-state index contributed by atoms with van der Waals surface area (Å²) in [6.07, 6.45) is -0.140. The molecule has 0 aliphatic heterocycles. The highest BCUT2D eigenvalue weighted by Gasteiger charge is 2.23. The number of hydrogen-bond acceptors (Lipinski definition) is 12. The number of esters is 4. The summed E-state index contributed by atoms with van der Waals surface area (Å²) in [5.74, 6) is 1.43. The molecule has 30 heavy (non-hydrogen) atoms. The molecular formula is C18H32N2O8S2. The average molecular weight is 469 g/mol. The molecule has 0 radical (unpaired) electrons. The molecule has 0 saturated heterocycles. The van der Waals surface area contributed by atoms with Gasteiger partial charge in [-0.2, -0.15) is 23.5 Å². The molecule has 0 amide bonds. The van der Waals surface area contributed by atoms with Crippen molar-refractivity contribution in [3.8, 4) is 0 Å². The second-order valence-corrected chi connectivity index (χ2v) is 8.29. The Labute approximate surface area is 185 Å². The van der Waals surface area contributed by atoms with E-state index in [0.717, 1.165) is 23.0 Å². The maximum absolute atomic E-state index is 11.7. The van der Waals surface area contributed by atoms with Gasteiger partial charge >= 0.3 is 23.9 Å². The van der Waals surface area contributed by atoms with E-state index in [2.05, 4.69) is 29.6 Å². The number of ether oxygens (including phenoxy) is 4. The Hall–Kier alpha value is -1.50. The van der Waals surface area contributed by atoms with Gasteiger partial charge in [0.2, 0.25) is 0 Å². The molecule has 0 aromatic rings. The SMILES string of the molecule is COC(=O)CC(NCCSCCSCCNC(CC(=O)OC)C(=O)OC)C(=O)OC. The normalized spacial score (nSPS) is 12.5. The van der Waals surface area contributed by atoms with Crippen LogP contribution in [-0.2, 0) is 38.1 Å². The number of hydrogen-bond donors (Lipinski definition) is 2. The van der Waals surface area contributed by atoms with Crippen LogP contribution in [0.25, 0.3) is 0 Å². The monoisotopic (exact) mass is 468 g/mol. The molecular weight excluding hydrogens is 436 g/mol. The van der Waals surface area contributed by atoms with Gasteiger partial charge in [0.25, 0.3) is 0 Å². The fraction of sp³-hybridized carbons (Fsp3) is 0.778. The fourth-order valence-electron chi connectivity index (χ4n) is 2.19. The minimum atomic E-state index is -0.712. The molecule has 2 N–H and O–H groups in total. The van der Waals surface area contributed by atoms with Crippen molar-refractivity contribution in [2.24, 2.45) is 0 Å². The van der Waals surface area contributed by atoms with Gasteiger partial charge in [-0.05, 0) is 0 Å². The molecule has 12 heteroatoms. The van der Waals surface area contributed by atoms with Gasteiger partial charge in [0.15, 0.2) is 0 Å². The third-order valence-electron chi connectivity index (χ3n) is 3.81. The Morgan fingerprint density at radius 1 is 0.633 bits per heavy atom. The van der Waals surface area contributed by atoms with Crippen molar-refractivity contribution in [1.82, 2.24) is 10.6 Å². The van der Waals surface area contributed by atoms with Crippen molar-refractivity contribution < 1.29 is 38.1 Å². The Morgan fingerprint density at radius 3 is 1.30 bits per heavy atom. The number of thioether (sulfide) groups is 2. The van der Waals surface area contributed by atoms with E-state index in [9.17, 15) is 19.2 Å². The van der Waals surface area contributed by atoms with Crippen LogP contribution in [0.5, 0.6) is 0 Å². The molecule has 0 fully saturated rings. The van der Waals surface area contributed by atoms with Crippen LogP contribution in [-0.4, -0.2) is 101 Å². The summed E-state index contributed by atoms with van der Waals surface area (Å²) in [7, 11) is 5.10. The van der Waals surface area contributed by atoms with Crippen LogP contribution in [0.1, 0.15) is 12.8 Å². The third kappa shape index (κ3) is 13.7. The van der Waals surface area contributed by atoms with E-state index in [1.54, 1.807) is 23.5 Å². The Bertz CT molecular complexity index is 490. The first-order chi connectivity index (χ1) is 14.4. The molecule has 0 saturated carbocycles. The van der Waals surface area contributed by atoms with Crippen LogP contribution in [0.15, 0.2) is 0 Å². The van der Waals surface area contributed by atoms with Crippen molar-refractivity contribution in [2.45, 2.75) is 24.9 Å². The fourth-order valence-corrected chi connectivity index (χ4v) is 4.07. The van der Waals surface area contributed by atoms with Gasteiger partial charge < -0.3 is 29.6 Å². The first-order valence-corrected chi connectivity index (χ1v) is 11.6. The maximum atomic E-state index is 11.7. The van der Waals surface area contributed by atoms with Crippen LogP contribution in [0, 0.1) is 0 Å². The quantitative estimate of drug-likeness (QED) is 0.167. The van der Waals surface area contributed by atoms with Crippen LogP contribution in [0.3, 0.4) is 0 Å². The summed E-state index contributed by atoms with van der Waals surface area (Å²) in [6.45, 7) is 1.12. The van der Waals surface area contributed by atoms with E-state index >= 15 is 0 Å². The second-order valence-electron chi connectivity index (χ2n) is 5.84. The Balaban J connectivity index is 3.87. The molecule has 0 aromatic heterocycles. The molecule has 0 rings (SSSR count). The van der Waals surface area contributed by atoms with E-state index < -0.39 is 36.0 Å². The summed E-state index contributed by atoms with van der Waals surface area (Å²) in [5.41, 5.74) is 0. The van der Waals surface area contributed by atoms with Crippen molar-refractivity contribution in [3.05, 3.63) is 0 Å². The van der Waals surface area contributed by atoms with Gasteiger partial charge in [-0.1, -0.05) is 0 Å². The molecule has 174 valence electrons. The summed E-state index contributed by atoms with van der Waals surface area (Å²) in [5, 5.41) is 6.00. The van der Waals surface area contributed by atoms with Crippen molar-refractivity contribution >= 4 is 47.4 Å².